The summed E-state index contributed by atoms with van der Waals surface area (Å²) in [6, 6.07) is 14.1. The number of H-pyrrole nitrogens is 1. The molecule has 0 atom stereocenters. The van der Waals surface area contributed by atoms with Gasteiger partial charge < -0.3 is 9.72 Å². The van der Waals surface area contributed by atoms with E-state index < -0.39 is 0 Å². The summed E-state index contributed by atoms with van der Waals surface area (Å²) in [6.07, 6.45) is 0. The number of aromatic amines is 1. The van der Waals surface area contributed by atoms with Crippen molar-refractivity contribution in [2.24, 2.45) is 0 Å². The molecule has 0 aliphatic carbocycles. The van der Waals surface area contributed by atoms with Crippen molar-refractivity contribution in [3.63, 3.8) is 0 Å². The zero-order chi connectivity index (χ0) is 15.3. The van der Waals surface area contributed by atoms with Crippen LogP contribution in [-0.2, 0) is 6.61 Å². The first-order chi connectivity index (χ1) is 10.6. The van der Waals surface area contributed by atoms with Crippen LogP contribution < -0.4 is 4.74 Å². The highest BCUT2D eigenvalue weighted by Gasteiger charge is 2.24. The first kappa shape index (κ1) is 13.6. The molecule has 2 aromatic carbocycles. The highest BCUT2D eigenvalue weighted by atomic mass is 35.5. The topological polar surface area (TPSA) is 29.9 Å². The van der Waals surface area contributed by atoms with Crippen molar-refractivity contribution < 1.29 is 4.74 Å². The second-order valence-corrected chi connectivity index (χ2v) is 6.13. The molecule has 3 nitrogen and oxygen atoms in total. The molecule has 0 spiro atoms. The molecule has 0 unspecified atom stereocenters. The van der Waals surface area contributed by atoms with Crippen molar-refractivity contribution in [2.45, 2.75) is 13.5 Å². The van der Waals surface area contributed by atoms with Gasteiger partial charge in [-0.3, -0.25) is 4.57 Å². The summed E-state index contributed by atoms with van der Waals surface area (Å²) in [5.41, 5.74) is 5.11. The monoisotopic (exact) mass is 328 g/mol. The lowest BCUT2D eigenvalue weighted by Gasteiger charge is -2.21. The van der Waals surface area contributed by atoms with Crippen LogP contribution in [0.4, 0.5) is 0 Å². The molecule has 5 heteroatoms. The van der Waals surface area contributed by atoms with Crippen LogP contribution in [0.25, 0.3) is 16.9 Å². The van der Waals surface area contributed by atoms with E-state index in [2.05, 4.69) is 36.2 Å². The minimum Gasteiger partial charge on any atom is -0.472 e. The minimum atomic E-state index is 0.445. The predicted octanol–water partition coefficient (Wildman–Crippen LogP) is 5.06. The Morgan fingerprint density at radius 3 is 2.73 bits per heavy atom. The molecule has 0 radical (unpaired) electrons. The van der Waals surface area contributed by atoms with Crippen LogP contribution >= 0.6 is 23.8 Å². The van der Waals surface area contributed by atoms with Gasteiger partial charge in [0.1, 0.15) is 12.3 Å². The van der Waals surface area contributed by atoms with Crippen LogP contribution in [0.15, 0.2) is 42.5 Å². The maximum absolute atomic E-state index is 6.26. The first-order valence-electron chi connectivity index (χ1n) is 6.98. The van der Waals surface area contributed by atoms with Gasteiger partial charge in [0, 0.05) is 16.1 Å². The van der Waals surface area contributed by atoms with E-state index in [1.165, 1.54) is 5.56 Å². The average Bonchev–Trinajstić information content (AvgIpc) is 2.86. The van der Waals surface area contributed by atoms with E-state index in [0.717, 1.165) is 28.4 Å². The van der Waals surface area contributed by atoms with Gasteiger partial charge in [-0.05, 0) is 31.3 Å². The van der Waals surface area contributed by atoms with Crippen LogP contribution in [0, 0.1) is 11.7 Å². The number of hydrogen-bond acceptors (Lipinski definition) is 2. The van der Waals surface area contributed by atoms with Gasteiger partial charge in [-0.25, -0.2) is 0 Å². The Morgan fingerprint density at radius 1 is 1.18 bits per heavy atom. The Kier molecular flexibility index (Phi) is 3.10. The second-order valence-electron chi connectivity index (χ2n) is 5.34. The van der Waals surface area contributed by atoms with E-state index in [0.29, 0.717) is 16.4 Å². The van der Waals surface area contributed by atoms with Crippen molar-refractivity contribution in [1.29, 1.82) is 0 Å². The van der Waals surface area contributed by atoms with Gasteiger partial charge in [0.2, 0.25) is 5.88 Å². The number of benzene rings is 2. The maximum Gasteiger partial charge on any atom is 0.225 e. The minimum absolute atomic E-state index is 0.445. The van der Waals surface area contributed by atoms with Crippen molar-refractivity contribution in [1.82, 2.24) is 9.55 Å². The van der Waals surface area contributed by atoms with Gasteiger partial charge >= 0.3 is 0 Å². The van der Waals surface area contributed by atoms with Crippen LogP contribution in [-0.4, -0.2) is 9.55 Å². The largest absolute Gasteiger partial charge is 0.472 e. The third kappa shape index (κ3) is 1.99. The third-order valence-electron chi connectivity index (χ3n) is 3.88. The molecular formula is C17H13ClN2OS. The fourth-order valence-corrected chi connectivity index (χ4v) is 3.24. The first-order valence-corrected chi connectivity index (χ1v) is 7.76. The molecule has 2 heterocycles. The van der Waals surface area contributed by atoms with Crippen LogP contribution in [0.2, 0.25) is 5.02 Å². The van der Waals surface area contributed by atoms with Crippen LogP contribution in [0.5, 0.6) is 5.88 Å². The number of imidazole rings is 1. The van der Waals surface area contributed by atoms with E-state index in [1.54, 1.807) is 0 Å². The molecule has 1 aliphatic heterocycles. The average molecular weight is 329 g/mol. The zero-order valence-corrected chi connectivity index (χ0v) is 13.5. The molecule has 1 N–H and O–H groups in total. The summed E-state index contributed by atoms with van der Waals surface area (Å²) in [5.74, 6) is 0.739. The van der Waals surface area contributed by atoms with Gasteiger partial charge in [0.05, 0.1) is 5.69 Å². The molecule has 0 fully saturated rings. The summed E-state index contributed by atoms with van der Waals surface area (Å²) in [7, 11) is 0. The number of nitrogens with one attached hydrogen (secondary N) is 1. The summed E-state index contributed by atoms with van der Waals surface area (Å²) in [4.78, 5) is 3.26. The fraction of sp³-hybridized carbons (Fsp3) is 0.118. The molecule has 22 heavy (non-hydrogen) atoms. The Labute approximate surface area is 138 Å². The number of aromatic nitrogens is 2. The Bertz CT molecular complexity index is 925. The lowest BCUT2D eigenvalue weighted by atomic mass is 10.1. The summed E-state index contributed by atoms with van der Waals surface area (Å²) < 4.78 is 8.47. The van der Waals surface area contributed by atoms with E-state index in [9.17, 15) is 0 Å². The Hall–Kier alpha value is -2.04. The normalized spacial score (nSPS) is 12.5. The highest BCUT2D eigenvalue weighted by Crippen LogP contribution is 2.38. The number of ether oxygens (including phenoxy) is 1. The van der Waals surface area contributed by atoms with Crippen LogP contribution in [0.1, 0.15) is 11.1 Å². The molecule has 1 aromatic heterocycles. The summed E-state index contributed by atoms with van der Waals surface area (Å²) in [5, 5.41) is 0.697. The van der Waals surface area contributed by atoms with Gasteiger partial charge in [0.25, 0.3) is 0 Å². The second kappa shape index (κ2) is 5.00. The van der Waals surface area contributed by atoms with E-state index in [1.807, 2.05) is 22.8 Å². The van der Waals surface area contributed by atoms with Crippen molar-refractivity contribution >= 4 is 23.8 Å². The molecule has 1 aliphatic rings. The number of hydrogen-bond donors (Lipinski definition) is 1. The smallest absolute Gasteiger partial charge is 0.225 e. The number of fused-ring (bicyclic) bond motifs is 3. The highest BCUT2D eigenvalue weighted by molar-refractivity contribution is 7.71. The molecular weight excluding hydrogens is 316 g/mol. The van der Waals surface area contributed by atoms with Gasteiger partial charge in [0.15, 0.2) is 4.77 Å². The summed E-state index contributed by atoms with van der Waals surface area (Å²) in [6.45, 7) is 2.51. The SMILES string of the molecule is Cc1ccc(-c2[nH]c(=S)n3c2OCc2c(Cl)cccc2-3)cc1. The van der Waals surface area contributed by atoms with Crippen molar-refractivity contribution in [3.05, 3.63) is 63.4 Å². The number of nitrogens with zero attached hydrogens (tertiary/aromatic N) is 1. The zero-order valence-electron chi connectivity index (χ0n) is 11.9. The Balaban J connectivity index is 1.96. The van der Waals surface area contributed by atoms with Crippen LogP contribution in [0.3, 0.4) is 0 Å². The lowest BCUT2D eigenvalue weighted by Crippen LogP contribution is -2.12. The molecule has 0 amide bonds. The Morgan fingerprint density at radius 2 is 1.95 bits per heavy atom. The molecule has 0 saturated carbocycles. The number of aryl methyl sites for hydroxylation is 1. The number of halogens is 1. The molecule has 110 valence electrons. The molecule has 0 saturated heterocycles. The standard InChI is InChI=1S/C17H13ClN2OS/c1-10-5-7-11(8-6-10)15-16-20(17(22)19-15)14-4-2-3-13(18)12(14)9-21-16/h2-8H,9H2,1H3,(H,19,22). The molecule has 4 rings (SSSR count). The summed E-state index contributed by atoms with van der Waals surface area (Å²) >= 11 is 11.8. The number of rotatable bonds is 1. The lowest BCUT2D eigenvalue weighted by molar-refractivity contribution is 0.277. The fourth-order valence-electron chi connectivity index (χ4n) is 2.73. The van der Waals surface area contributed by atoms with E-state index in [4.69, 9.17) is 28.6 Å². The third-order valence-corrected chi connectivity index (χ3v) is 4.52. The van der Waals surface area contributed by atoms with Gasteiger partial charge in [-0.2, -0.15) is 0 Å². The van der Waals surface area contributed by atoms with Crippen molar-refractivity contribution in [3.8, 4) is 22.8 Å². The molecule has 3 aromatic rings. The molecule has 0 bridgehead atoms. The van der Waals surface area contributed by atoms with Gasteiger partial charge in [-0.15, -0.1) is 0 Å². The van der Waals surface area contributed by atoms with Gasteiger partial charge in [-0.1, -0.05) is 47.5 Å². The van der Waals surface area contributed by atoms with Crippen molar-refractivity contribution in [2.75, 3.05) is 0 Å². The maximum atomic E-state index is 6.26. The quantitative estimate of drug-likeness (QED) is 0.633. The predicted molar refractivity (Wildman–Crippen MR) is 90.5 cm³/mol. The van der Waals surface area contributed by atoms with E-state index >= 15 is 0 Å². The van der Waals surface area contributed by atoms with E-state index in [-0.39, 0.29) is 0 Å².